The number of anilines is 1. The van der Waals surface area contributed by atoms with Crippen molar-refractivity contribution in [3.05, 3.63) is 29.3 Å². The first-order valence-corrected chi connectivity index (χ1v) is 6.54. The molecular weight excluding hydrogens is 258 g/mol. The summed E-state index contributed by atoms with van der Waals surface area (Å²) in [5.41, 5.74) is 1.44. The first-order valence-electron chi connectivity index (χ1n) is 6.54. The second-order valence-corrected chi connectivity index (χ2v) is 4.62. The SMILES string of the molecule is CC(=O)c1cccc(NCCCCC(=O)O)c1C(C)=O. The molecule has 5 heteroatoms. The van der Waals surface area contributed by atoms with Crippen LogP contribution in [0, 0.1) is 0 Å². The Hall–Kier alpha value is -2.17. The highest BCUT2D eigenvalue weighted by molar-refractivity contribution is 6.10. The van der Waals surface area contributed by atoms with Crippen molar-refractivity contribution in [3.8, 4) is 0 Å². The molecule has 0 spiro atoms. The number of nitrogens with one attached hydrogen (secondary N) is 1. The maximum absolute atomic E-state index is 11.7. The van der Waals surface area contributed by atoms with Gasteiger partial charge in [0.2, 0.25) is 0 Å². The lowest BCUT2D eigenvalue weighted by atomic mass is 9.99. The zero-order valence-electron chi connectivity index (χ0n) is 11.7. The Morgan fingerprint density at radius 3 is 2.35 bits per heavy atom. The number of Topliss-reactive ketones (excluding diaryl/α,β-unsaturated/α-hetero) is 2. The molecular formula is C15H19NO4. The predicted molar refractivity (Wildman–Crippen MR) is 76.4 cm³/mol. The molecule has 0 amide bonds. The molecule has 0 aliphatic rings. The molecule has 20 heavy (non-hydrogen) atoms. The minimum absolute atomic E-state index is 0.134. The molecule has 1 aromatic carbocycles. The molecule has 0 saturated carbocycles. The highest BCUT2D eigenvalue weighted by Crippen LogP contribution is 2.21. The average Bonchev–Trinajstić information content (AvgIpc) is 2.37. The predicted octanol–water partition coefficient (Wildman–Crippen LogP) is 2.76. The molecule has 0 atom stereocenters. The molecule has 5 nitrogen and oxygen atoms in total. The van der Waals surface area contributed by atoms with Gasteiger partial charge in [0.25, 0.3) is 0 Å². The zero-order valence-corrected chi connectivity index (χ0v) is 11.7. The topological polar surface area (TPSA) is 83.5 Å². The number of unbranched alkanes of at least 4 members (excludes halogenated alkanes) is 1. The average molecular weight is 277 g/mol. The number of carbonyl (C=O) groups excluding carboxylic acids is 2. The monoisotopic (exact) mass is 277 g/mol. The highest BCUT2D eigenvalue weighted by Gasteiger charge is 2.15. The number of carboxylic acid groups (broad SMARTS) is 1. The summed E-state index contributed by atoms with van der Waals surface area (Å²) in [7, 11) is 0. The number of rotatable bonds is 8. The van der Waals surface area contributed by atoms with Crippen LogP contribution < -0.4 is 5.32 Å². The van der Waals surface area contributed by atoms with E-state index in [1.807, 2.05) is 0 Å². The third-order valence-electron chi connectivity index (χ3n) is 2.93. The van der Waals surface area contributed by atoms with Crippen molar-refractivity contribution in [2.45, 2.75) is 33.1 Å². The largest absolute Gasteiger partial charge is 0.481 e. The van der Waals surface area contributed by atoms with Crippen LogP contribution >= 0.6 is 0 Å². The summed E-state index contributed by atoms with van der Waals surface area (Å²) in [4.78, 5) is 33.6. The van der Waals surface area contributed by atoms with Gasteiger partial charge in [-0.25, -0.2) is 0 Å². The number of aliphatic carboxylic acids is 1. The van der Waals surface area contributed by atoms with Crippen molar-refractivity contribution in [1.29, 1.82) is 0 Å². The standard InChI is InChI=1S/C15H19NO4/c1-10(17)12-6-5-7-13(15(12)11(2)18)16-9-4-3-8-14(19)20/h5-7,16H,3-4,8-9H2,1-2H3,(H,19,20). The molecule has 0 saturated heterocycles. The van der Waals surface area contributed by atoms with Crippen molar-refractivity contribution in [1.82, 2.24) is 0 Å². The molecule has 0 aliphatic carbocycles. The molecule has 0 unspecified atom stereocenters. The molecule has 1 rings (SSSR count). The summed E-state index contributed by atoms with van der Waals surface area (Å²) < 4.78 is 0. The van der Waals surface area contributed by atoms with E-state index in [1.165, 1.54) is 13.8 Å². The second kappa shape index (κ2) is 7.43. The van der Waals surface area contributed by atoms with E-state index in [9.17, 15) is 14.4 Å². The van der Waals surface area contributed by atoms with Gasteiger partial charge in [-0.3, -0.25) is 14.4 Å². The van der Waals surface area contributed by atoms with E-state index in [0.29, 0.717) is 36.2 Å². The van der Waals surface area contributed by atoms with E-state index in [2.05, 4.69) is 5.32 Å². The summed E-state index contributed by atoms with van der Waals surface area (Å²) >= 11 is 0. The van der Waals surface area contributed by atoms with Crippen LogP contribution in [0.3, 0.4) is 0 Å². The van der Waals surface area contributed by atoms with Gasteiger partial charge >= 0.3 is 5.97 Å². The van der Waals surface area contributed by atoms with Crippen LogP contribution in [-0.2, 0) is 4.79 Å². The Kier molecular flexibility index (Phi) is 5.90. The van der Waals surface area contributed by atoms with Crippen LogP contribution in [0.4, 0.5) is 5.69 Å². The van der Waals surface area contributed by atoms with Crippen LogP contribution in [0.15, 0.2) is 18.2 Å². The van der Waals surface area contributed by atoms with Crippen LogP contribution in [0.5, 0.6) is 0 Å². The number of carboxylic acids is 1. The third-order valence-corrected chi connectivity index (χ3v) is 2.93. The number of ketones is 2. The van der Waals surface area contributed by atoms with Gasteiger partial charge in [0.15, 0.2) is 11.6 Å². The fraction of sp³-hybridized carbons (Fsp3) is 0.400. The van der Waals surface area contributed by atoms with Crippen molar-refractivity contribution in [2.75, 3.05) is 11.9 Å². The Morgan fingerprint density at radius 2 is 1.80 bits per heavy atom. The lowest BCUT2D eigenvalue weighted by molar-refractivity contribution is -0.137. The number of hydrogen-bond donors (Lipinski definition) is 2. The molecule has 0 bridgehead atoms. The molecule has 0 fully saturated rings. The summed E-state index contributed by atoms with van der Waals surface area (Å²) in [6.07, 6.45) is 1.40. The number of benzene rings is 1. The van der Waals surface area contributed by atoms with Crippen molar-refractivity contribution >= 4 is 23.2 Å². The first-order chi connectivity index (χ1) is 9.43. The van der Waals surface area contributed by atoms with Gasteiger partial charge in [-0.1, -0.05) is 12.1 Å². The third kappa shape index (κ3) is 4.50. The maximum atomic E-state index is 11.7. The summed E-state index contributed by atoms with van der Waals surface area (Å²) in [5, 5.41) is 11.6. The normalized spacial score (nSPS) is 10.1. The Bertz CT molecular complexity index is 523. The molecule has 0 radical (unpaired) electrons. The number of carbonyl (C=O) groups is 3. The molecule has 108 valence electrons. The molecule has 0 aliphatic heterocycles. The van der Waals surface area contributed by atoms with Gasteiger partial charge in [-0.2, -0.15) is 0 Å². The van der Waals surface area contributed by atoms with E-state index < -0.39 is 5.97 Å². The van der Waals surface area contributed by atoms with Crippen LogP contribution in [0.1, 0.15) is 53.8 Å². The Labute approximate surface area is 118 Å². The van der Waals surface area contributed by atoms with Gasteiger partial charge in [0.1, 0.15) is 0 Å². The van der Waals surface area contributed by atoms with Crippen LogP contribution in [0.25, 0.3) is 0 Å². The van der Waals surface area contributed by atoms with Gasteiger partial charge in [0.05, 0.1) is 5.56 Å². The quantitative estimate of drug-likeness (QED) is 0.564. The highest BCUT2D eigenvalue weighted by atomic mass is 16.4. The van der Waals surface area contributed by atoms with E-state index in [4.69, 9.17) is 5.11 Å². The van der Waals surface area contributed by atoms with E-state index in [-0.39, 0.29) is 18.0 Å². The minimum atomic E-state index is -0.812. The van der Waals surface area contributed by atoms with Crippen molar-refractivity contribution < 1.29 is 19.5 Å². The smallest absolute Gasteiger partial charge is 0.303 e. The molecule has 0 aromatic heterocycles. The van der Waals surface area contributed by atoms with E-state index in [1.54, 1.807) is 18.2 Å². The fourth-order valence-electron chi connectivity index (χ4n) is 2.00. The van der Waals surface area contributed by atoms with Gasteiger partial charge < -0.3 is 10.4 Å². The molecule has 1 aromatic rings. The van der Waals surface area contributed by atoms with Gasteiger partial charge in [0, 0.05) is 24.2 Å². The van der Waals surface area contributed by atoms with Crippen molar-refractivity contribution in [3.63, 3.8) is 0 Å². The van der Waals surface area contributed by atoms with Crippen LogP contribution in [0.2, 0.25) is 0 Å². The summed E-state index contributed by atoms with van der Waals surface area (Å²) in [5.74, 6) is -1.12. The molecule has 2 N–H and O–H groups in total. The van der Waals surface area contributed by atoms with E-state index >= 15 is 0 Å². The van der Waals surface area contributed by atoms with Crippen molar-refractivity contribution in [2.24, 2.45) is 0 Å². The fourth-order valence-corrected chi connectivity index (χ4v) is 2.00. The van der Waals surface area contributed by atoms with Gasteiger partial charge in [-0.15, -0.1) is 0 Å². The zero-order chi connectivity index (χ0) is 15.1. The molecule has 0 heterocycles. The first kappa shape index (κ1) is 15.9. The van der Waals surface area contributed by atoms with Crippen LogP contribution in [-0.4, -0.2) is 29.2 Å². The minimum Gasteiger partial charge on any atom is -0.481 e. The second-order valence-electron chi connectivity index (χ2n) is 4.62. The lowest BCUT2D eigenvalue weighted by Crippen LogP contribution is -2.11. The Balaban J connectivity index is 2.74. The summed E-state index contributed by atoms with van der Waals surface area (Å²) in [6.45, 7) is 3.42. The van der Waals surface area contributed by atoms with Gasteiger partial charge in [-0.05, 0) is 32.8 Å². The maximum Gasteiger partial charge on any atom is 0.303 e. The number of hydrogen-bond acceptors (Lipinski definition) is 4. The Morgan fingerprint density at radius 1 is 1.10 bits per heavy atom. The van der Waals surface area contributed by atoms with E-state index in [0.717, 1.165) is 0 Å². The lowest BCUT2D eigenvalue weighted by Gasteiger charge is -2.12. The summed E-state index contributed by atoms with van der Waals surface area (Å²) in [6, 6.07) is 5.11.